The van der Waals surface area contributed by atoms with Gasteiger partial charge in [0.25, 0.3) is 0 Å². The molecule has 0 aromatic heterocycles. The van der Waals surface area contributed by atoms with E-state index in [9.17, 15) is 19.8 Å². The monoisotopic (exact) mass is 374 g/mol. The molecule has 7 nitrogen and oxygen atoms in total. The minimum absolute atomic E-state index is 0.0384. The lowest BCUT2D eigenvalue weighted by atomic mass is 10.1. The number of hydrogen-bond donors (Lipinski definition) is 2. The molecule has 27 heavy (non-hydrogen) atoms. The number of rotatable bonds is 10. The van der Waals surface area contributed by atoms with Gasteiger partial charge >= 0.3 is 11.9 Å². The van der Waals surface area contributed by atoms with Crippen LogP contribution in [0.4, 0.5) is 0 Å². The van der Waals surface area contributed by atoms with Crippen LogP contribution in [0.3, 0.4) is 0 Å². The van der Waals surface area contributed by atoms with E-state index >= 15 is 0 Å². The zero-order valence-corrected chi connectivity index (χ0v) is 14.7. The molecule has 0 aliphatic rings. The highest BCUT2D eigenvalue weighted by Gasteiger charge is 2.19. The SMILES string of the molecule is O=C(OCCOCCOC(=O)C(O)c1ccccc1)C(O)c1ccccc1. The normalized spacial score (nSPS) is 12.8. The van der Waals surface area contributed by atoms with Crippen molar-refractivity contribution in [1.82, 2.24) is 0 Å². The number of aliphatic hydroxyl groups excluding tert-OH is 2. The molecule has 2 aromatic rings. The van der Waals surface area contributed by atoms with Gasteiger partial charge in [-0.25, -0.2) is 9.59 Å². The molecule has 0 saturated carbocycles. The van der Waals surface area contributed by atoms with Crippen molar-refractivity contribution >= 4 is 11.9 Å². The Morgan fingerprint density at radius 2 is 1.04 bits per heavy atom. The van der Waals surface area contributed by atoms with E-state index in [0.29, 0.717) is 11.1 Å². The minimum Gasteiger partial charge on any atom is -0.461 e. The third kappa shape index (κ3) is 6.82. The van der Waals surface area contributed by atoms with Gasteiger partial charge in [-0.2, -0.15) is 0 Å². The molecule has 2 aromatic carbocycles. The maximum atomic E-state index is 11.7. The Labute approximate surface area is 157 Å². The molecule has 0 bridgehead atoms. The number of hydrogen-bond acceptors (Lipinski definition) is 7. The fourth-order valence-corrected chi connectivity index (χ4v) is 2.21. The van der Waals surface area contributed by atoms with Crippen molar-refractivity contribution in [3.63, 3.8) is 0 Å². The van der Waals surface area contributed by atoms with E-state index in [1.807, 2.05) is 0 Å². The molecule has 2 rings (SSSR count). The molecule has 0 aliphatic heterocycles. The number of ether oxygens (including phenoxy) is 3. The van der Waals surface area contributed by atoms with Gasteiger partial charge in [0, 0.05) is 0 Å². The van der Waals surface area contributed by atoms with Crippen LogP contribution in [0.15, 0.2) is 60.7 Å². The van der Waals surface area contributed by atoms with Gasteiger partial charge in [-0.1, -0.05) is 60.7 Å². The van der Waals surface area contributed by atoms with Crippen molar-refractivity contribution in [2.45, 2.75) is 12.2 Å². The maximum Gasteiger partial charge on any atom is 0.339 e. The molecule has 0 radical (unpaired) electrons. The summed E-state index contributed by atoms with van der Waals surface area (Å²) in [6.45, 7) is 0.102. The molecule has 144 valence electrons. The van der Waals surface area contributed by atoms with E-state index in [-0.39, 0.29) is 26.4 Å². The summed E-state index contributed by atoms with van der Waals surface area (Å²) in [6.07, 6.45) is -2.68. The Kier molecular flexibility index (Phi) is 8.44. The van der Waals surface area contributed by atoms with Crippen LogP contribution in [0.25, 0.3) is 0 Å². The van der Waals surface area contributed by atoms with Crippen LogP contribution < -0.4 is 0 Å². The second-order valence-corrected chi connectivity index (χ2v) is 5.57. The fourth-order valence-electron chi connectivity index (χ4n) is 2.21. The van der Waals surface area contributed by atoms with Crippen LogP contribution >= 0.6 is 0 Å². The van der Waals surface area contributed by atoms with Crippen molar-refractivity contribution in [2.75, 3.05) is 26.4 Å². The number of esters is 2. The van der Waals surface area contributed by atoms with Crippen molar-refractivity contribution in [1.29, 1.82) is 0 Å². The van der Waals surface area contributed by atoms with Crippen LogP contribution in [0, 0.1) is 0 Å². The number of benzene rings is 2. The first kappa shape index (κ1) is 20.6. The molecule has 2 atom stereocenters. The van der Waals surface area contributed by atoms with Crippen LogP contribution in [-0.2, 0) is 23.8 Å². The van der Waals surface area contributed by atoms with Crippen molar-refractivity contribution in [3.8, 4) is 0 Å². The van der Waals surface area contributed by atoms with Gasteiger partial charge in [0.15, 0.2) is 12.2 Å². The second-order valence-electron chi connectivity index (χ2n) is 5.57. The molecule has 0 heterocycles. The summed E-state index contributed by atoms with van der Waals surface area (Å²) in [5, 5.41) is 19.7. The highest BCUT2D eigenvalue weighted by molar-refractivity contribution is 5.76. The van der Waals surface area contributed by atoms with Crippen molar-refractivity contribution in [3.05, 3.63) is 71.8 Å². The van der Waals surface area contributed by atoms with Crippen LogP contribution in [0.1, 0.15) is 23.3 Å². The molecule has 0 spiro atoms. The van der Waals surface area contributed by atoms with Gasteiger partial charge < -0.3 is 24.4 Å². The van der Waals surface area contributed by atoms with E-state index < -0.39 is 24.1 Å². The Balaban J connectivity index is 1.56. The van der Waals surface area contributed by atoms with Crippen LogP contribution in [-0.4, -0.2) is 48.6 Å². The molecule has 0 amide bonds. The summed E-state index contributed by atoms with van der Waals surface area (Å²) in [4.78, 5) is 23.4. The first-order chi connectivity index (χ1) is 13.1. The lowest BCUT2D eigenvalue weighted by molar-refractivity contribution is -0.157. The molecule has 0 saturated heterocycles. The van der Waals surface area contributed by atoms with Gasteiger partial charge in [0.2, 0.25) is 0 Å². The highest BCUT2D eigenvalue weighted by atomic mass is 16.6. The predicted molar refractivity (Wildman–Crippen MR) is 95.5 cm³/mol. The summed E-state index contributed by atoms with van der Waals surface area (Å²) in [5.74, 6) is -1.52. The summed E-state index contributed by atoms with van der Waals surface area (Å²) in [6, 6.07) is 16.9. The van der Waals surface area contributed by atoms with Gasteiger partial charge in [-0.05, 0) is 11.1 Å². The molecule has 7 heteroatoms. The second kappa shape index (κ2) is 11.1. The van der Waals surface area contributed by atoms with E-state index in [2.05, 4.69) is 0 Å². The molecule has 0 aliphatic carbocycles. The third-order valence-electron chi connectivity index (χ3n) is 3.62. The van der Waals surface area contributed by atoms with Gasteiger partial charge in [-0.3, -0.25) is 0 Å². The molecule has 2 N–H and O–H groups in total. The Morgan fingerprint density at radius 3 is 1.41 bits per heavy atom. The number of carbonyl (C=O) groups excluding carboxylic acids is 2. The molecular formula is C20H22O7. The van der Waals surface area contributed by atoms with E-state index in [1.165, 1.54) is 0 Å². The first-order valence-corrected chi connectivity index (χ1v) is 8.46. The summed E-state index contributed by atoms with van der Waals surface area (Å²) >= 11 is 0. The smallest absolute Gasteiger partial charge is 0.339 e. The van der Waals surface area contributed by atoms with Crippen LogP contribution in [0.2, 0.25) is 0 Å². The van der Waals surface area contributed by atoms with Crippen molar-refractivity contribution < 1.29 is 34.0 Å². The quantitative estimate of drug-likeness (QED) is 0.480. The topological polar surface area (TPSA) is 102 Å². The standard InChI is InChI=1S/C20H22O7/c21-17(15-7-3-1-4-8-15)19(23)26-13-11-25-12-14-27-20(24)18(22)16-9-5-2-6-10-16/h1-10,17-18,21-22H,11-14H2. The summed E-state index contributed by atoms with van der Waals surface area (Å²) in [7, 11) is 0. The lowest BCUT2D eigenvalue weighted by Gasteiger charge is -2.12. The van der Waals surface area contributed by atoms with Crippen LogP contribution in [0.5, 0.6) is 0 Å². The highest BCUT2D eigenvalue weighted by Crippen LogP contribution is 2.14. The molecule has 0 fully saturated rings. The number of aliphatic hydroxyl groups is 2. The van der Waals surface area contributed by atoms with E-state index in [1.54, 1.807) is 60.7 Å². The third-order valence-corrected chi connectivity index (χ3v) is 3.62. The van der Waals surface area contributed by atoms with Crippen molar-refractivity contribution in [2.24, 2.45) is 0 Å². The molecular weight excluding hydrogens is 352 g/mol. The van der Waals surface area contributed by atoms with Gasteiger partial charge in [-0.15, -0.1) is 0 Å². The minimum atomic E-state index is -1.34. The van der Waals surface area contributed by atoms with Gasteiger partial charge in [0.1, 0.15) is 13.2 Å². The fraction of sp³-hybridized carbons (Fsp3) is 0.300. The maximum absolute atomic E-state index is 11.7. The first-order valence-electron chi connectivity index (χ1n) is 8.46. The average molecular weight is 374 g/mol. The number of carbonyl (C=O) groups is 2. The zero-order valence-electron chi connectivity index (χ0n) is 14.7. The predicted octanol–water partition coefficient (Wildman–Crippen LogP) is 1.56. The van der Waals surface area contributed by atoms with Gasteiger partial charge in [0.05, 0.1) is 13.2 Å². The average Bonchev–Trinajstić information content (AvgIpc) is 2.72. The van der Waals surface area contributed by atoms with E-state index in [0.717, 1.165) is 0 Å². The lowest BCUT2D eigenvalue weighted by Crippen LogP contribution is -2.20. The van der Waals surface area contributed by atoms with E-state index in [4.69, 9.17) is 14.2 Å². The zero-order chi connectivity index (χ0) is 19.5. The largest absolute Gasteiger partial charge is 0.461 e. The Bertz CT molecular complexity index is 641. The summed E-state index contributed by atoms with van der Waals surface area (Å²) < 4.78 is 15.0. The molecule has 2 unspecified atom stereocenters. The summed E-state index contributed by atoms with van der Waals surface area (Å²) in [5.41, 5.74) is 0.902. The Hall–Kier alpha value is -2.74. The Morgan fingerprint density at radius 1 is 0.667 bits per heavy atom.